The topological polar surface area (TPSA) is 51.5 Å². The van der Waals surface area contributed by atoms with Gasteiger partial charge in [0.05, 0.1) is 11.3 Å². The van der Waals surface area contributed by atoms with Gasteiger partial charge in [0.15, 0.2) is 5.82 Å². The van der Waals surface area contributed by atoms with Gasteiger partial charge in [0.1, 0.15) is 5.52 Å². The smallest absolute Gasteiger partial charge is 0.152 e. The second-order valence-electron chi connectivity index (χ2n) is 6.34. The Bertz CT molecular complexity index is 616. The number of aryl methyl sites for hydroxylation is 1. The SMILES string of the molecule is CCCOC1(CNc2nccn3nc(C)cc23)CCCCC1. The van der Waals surface area contributed by atoms with Crippen molar-refractivity contribution in [1.29, 1.82) is 0 Å². The number of hydrogen-bond donors (Lipinski definition) is 1. The molecule has 2 aromatic rings. The third-order valence-corrected chi connectivity index (χ3v) is 4.47. The Morgan fingerprint density at radius 2 is 2.14 bits per heavy atom. The largest absolute Gasteiger partial charge is 0.373 e. The number of aromatic nitrogens is 3. The van der Waals surface area contributed by atoms with Gasteiger partial charge in [-0.3, -0.25) is 0 Å². The molecule has 0 radical (unpaired) electrons. The first-order chi connectivity index (χ1) is 10.7. The molecular formula is C17H26N4O. The van der Waals surface area contributed by atoms with Crippen LogP contribution in [0.4, 0.5) is 5.82 Å². The van der Waals surface area contributed by atoms with Crippen molar-refractivity contribution in [3.63, 3.8) is 0 Å². The van der Waals surface area contributed by atoms with E-state index in [0.717, 1.165) is 49.4 Å². The predicted molar refractivity (Wildman–Crippen MR) is 88.3 cm³/mol. The van der Waals surface area contributed by atoms with E-state index in [9.17, 15) is 0 Å². The van der Waals surface area contributed by atoms with Crippen LogP contribution in [0.25, 0.3) is 5.52 Å². The first-order valence-electron chi connectivity index (χ1n) is 8.41. The average Bonchev–Trinajstić information content (AvgIpc) is 2.93. The first kappa shape index (κ1) is 15.3. The molecule has 1 aliphatic carbocycles. The maximum atomic E-state index is 6.25. The van der Waals surface area contributed by atoms with E-state index in [1.54, 1.807) is 6.20 Å². The molecular weight excluding hydrogens is 276 g/mol. The summed E-state index contributed by atoms with van der Waals surface area (Å²) in [6.45, 7) is 5.83. The summed E-state index contributed by atoms with van der Waals surface area (Å²) in [6.07, 6.45) is 10.9. The summed E-state index contributed by atoms with van der Waals surface area (Å²) in [4.78, 5) is 4.49. The van der Waals surface area contributed by atoms with E-state index >= 15 is 0 Å². The molecule has 0 saturated heterocycles. The fraction of sp³-hybridized carbons (Fsp3) is 0.647. The van der Waals surface area contributed by atoms with E-state index in [1.807, 2.05) is 17.6 Å². The van der Waals surface area contributed by atoms with Crippen LogP contribution >= 0.6 is 0 Å². The van der Waals surface area contributed by atoms with Gasteiger partial charge in [0, 0.05) is 25.5 Å². The highest BCUT2D eigenvalue weighted by molar-refractivity contribution is 5.67. The van der Waals surface area contributed by atoms with Crippen molar-refractivity contribution >= 4 is 11.3 Å². The zero-order valence-electron chi connectivity index (χ0n) is 13.6. The lowest BCUT2D eigenvalue weighted by Gasteiger charge is -2.37. The standard InChI is InChI=1S/C17H26N4O/c1-3-11-22-17(7-5-4-6-8-17)13-19-16-15-12-14(2)20-21(15)10-9-18-16/h9-10,12H,3-8,11,13H2,1-2H3,(H,18,19). The maximum absolute atomic E-state index is 6.25. The van der Waals surface area contributed by atoms with Gasteiger partial charge < -0.3 is 10.1 Å². The Morgan fingerprint density at radius 3 is 2.91 bits per heavy atom. The van der Waals surface area contributed by atoms with E-state index in [1.165, 1.54) is 19.3 Å². The minimum absolute atomic E-state index is 0.0299. The predicted octanol–water partition coefficient (Wildman–Crippen LogP) is 3.58. The Labute approximate surface area is 132 Å². The minimum Gasteiger partial charge on any atom is -0.373 e. The van der Waals surface area contributed by atoms with Crippen LogP contribution in [0.1, 0.15) is 51.1 Å². The van der Waals surface area contributed by atoms with Crippen molar-refractivity contribution in [3.8, 4) is 0 Å². The summed E-state index contributed by atoms with van der Waals surface area (Å²) < 4.78 is 8.13. The Hall–Kier alpha value is -1.62. The lowest BCUT2D eigenvalue weighted by Crippen LogP contribution is -2.42. The van der Waals surface area contributed by atoms with Crippen LogP contribution in [0.2, 0.25) is 0 Å². The first-order valence-corrected chi connectivity index (χ1v) is 8.41. The van der Waals surface area contributed by atoms with Crippen LogP contribution in [0.15, 0.2) is 18.5 Å². The van der Waals surface area contributed by atoms with E-state index in [0.29, 0.717) is 0 Å². The maximum Gasteiger partial charge on any atom is 0.152 e. The lowest BCUT2D eigenvalue weighted by atomic mass is 9.84. The van der Waals surface area contributed by atoms with E-state index in [4.69, 9.17) is 4.74 Å². The molecule has 0 amide bonds. The molecule has 0 aromatic carbocycles. The molecule has 1 saturated carbocycles. The van der Waals surface area contributed by atoms with E-state index < -0.39 is 0 Å². The molecule has 0 atom stereocenters. The van der Waals surface area contributed by atoms with Gasteiger partial charge in [-0.2, -0.15) is 5.10 Å². The summed E-state index contributed by atoms with van der Waals surface area (Å²) in [5, 5.41) is 7.96. The summed E-state index contributed by atoms with van der Waals surface area (Å²) in [7, 11) is 0. The molecule has 3 rings (SSSR count). The number of fused-ring (bicyclic) bond motifs is 1. The summed E-state index contributed by atoms with van der Waals surface area (Å²) in [5.41, 5.74) is 2.00. The van der Waals surface area contributed by atoms with Crippen molar-refractivity contribution in [1.82, 2.24) is 14.6 Å². The Balaban J connectivity index is 1.75. The van der Waals surface area contributed by atoms with Gasteiger partial charge in [-0.1, -0.05) is 26.2 Å². The molecule has 22 heavy (non-hydrogen) atoms. The molecule has 1 aliphatic rings. The van der Waals surface area contributed by atoms with Crippen LogP contribution in [0, 0.1) is 6.92 Å². The molecule has 0 spiro atoms. The molecule has 0 unspecified atom stereocenters. The summed E-state index contributed by atoms with van der Waals surface area (Å²) >= 11 is 0. The Kier molecular flexibility index (Phi) is 4.62. The molecule has 120 valence electrons. The molecule has 5 heteroatoms. The highest BCUT2D eigenvalue weighted by atomic mass is 16.5. The quantitative estimate of drug-likeness (QED) is 0.886. The van der Waals surface area contributed by atoms with Crippen LogP contribution in [0.3, 0.4) is 0 Å². The fourth-order valence-corrected chi connectivity index (χ4v) is 3.31. The zero-order valence-corrected chi connectivity index (χ0v) is 13.6. The number of nitrogens with one attached hydrogen (secondary N) is 1. The number of ether oxygens (including phenoxy) is 1. The van der Waals surface area contributed by atoms with Crippen LogP contribution in [0.5, 0.6) is 0 Å². The van der Waals surface area contributed by atoms with Crippen LogP contribution in [-0.2, 0) is 4.74 Å². The molecule has 0 aliphatic heterocycles. The molecule has 5 nitrogen and oxygen atoms in total. The fourth-order valence-electron chi connectivity index (χ4n) is 3.31. The second kappa shape index (κ2) is 6.65. The number of rotatable bonds is 6. The van der Waals surface area contributed by atoms with Gasteiger partial charge in [0.25, 0.3) is 0 Å². The highest BCUT2D eigenvalue weighted by Gasteiger charge is 2.32. The Morgan fingerprint density at radius 1 is 1.32 bits per heavy atom. The van der Waals surface area contributed by atoms with Crippen molar-refractivity contribution in [2.45, 2.75) is 58.0 Å². The molecule has 1 fully saturated rings. The highest BCUT2D eigenvalue weighted by Crippen LogP contribution is 2.32. The third-order valence-electron chi connectivity index (χ3n) is 4.47. The van der Waals surface area contributed by atoms with E-state index in [-0.39, 0.29) is 5.60 Å². The molecule has 2 aromatic heterocycles. The van der Waals surface area contributed by atoms with Gasteiger partial charge >= 0.3 is 0 Å². The van der Waals surface area contributed by atoms with Crippen LogP contribution < -0.4 is 5.32 Å². The van der Waals surface area contributed by atoms with E-state index in [2.05, 4.69) is 28.4 Å². The molecule has 1 N–H and O–H groups in total. The van der Waals surface area contributed by atoms with Gasteiger partial charge in [0.2, 0.25) is 0 Å². The number of anilines is 1. The summed E-state index contributed by atoms with van der Waals surface area (Å²) in [6, 6.07) is 2.07. The van der Waals surface area contributed by atoms with Gasteiger partial charge in [-0.25, -0.2) is 9.50 Å². The van der Waals surface area contributed by atoms with Crippen molar-refractivity contribution in [3.05, 3.63) is 24.2 Å². The van der Waals surface area contributed by atoms with Gasteiger partial charge in [-0.15, -0.1) is 0 Å². The zero-order chi connectivity index (χ0) is 15.4. The van der Waals surface area contributed by atoms with Crippen LogP contribution in [-0.4, -0.2) is 33.4 Å². The van der Waals surface area contributed by atoms with Crippen molar-refractivity contribution in [2.75, 3.05) is 18.5 Å². The second-order valence-corrected chi connectivity index (χ2v) is 6.34. The summed E-state index contributed by atoms with van der Waals surface area (Å²) in [5.74, 6) is 0.896. The van der Waals surface area contributed by atoms with Gasteiger partial charge in [-0.05, 0) is 32.3 Å². The normalized spacial score (nSPS) is 17.7. The average molecular weight is 302 g/mol. The molecule has 2 heterocycles. The third kappa shape index (κ3) is 3.24. The molecule has 0 bridgehead atoms. The number of nitrogens with zero attached hydrogens (tertiary/aromatic N) is 3. The lowest BCUT2D eigenvalue weighted by molar-refractivity contribution is -0.0598. The van der Waals surface area contributed by atoms with Crippen molar-refractivity contribution < 1.29 is 4.74 Å². The number of hydrogen-bond acceptors (Lipinski definition) is 4. The minimum atomic E-state index is -0.0299. The van der Waals surface area contributed by atoms with Crippen molar-refractivity contribution in [2.24, 2.45) is 0 Å². The monoisotopic (exact) mass is 302 g/mol.